The maximum absolute atomic E-state index is 12.4. The van der Waals surface area contributed by atoms with Gasteiger partial charge in [0.1, 0.15) is 0 Å². The van der Waals surface area contributed by atoms with E-state index in [1.165, 1.54) is 16.9 Å². The van der Waals surface area contributed by atoms with E-state index >= 15 is 0 Å². The van der Waals surface area contributed by atoms with Crippen LogP contribution >= 0.6 is 0 Å². The van der Waals surface area contributed by atoms with E-state index in [4.69, 9.17) is 0 Å². The Morgan fingerprint density at radius 3 is 2.27 bits per heavy atom. The molecule has 3 aromatic carbocycles. The Hall–Kier alpha value is -4.86. The van der Waals surface area contributed by atoms with E-state index in [1.54, 1.807) is 24.3 Å². The van der Waals surface area contributed by atoms with E-state index in [9.17, 15) is 14.9 Å². The topological polar surface area (TPSA) is 128 Å². The number of rotatable bonds is 8. The van der Waals surface area contributed by atoms with Crippen LogP contribution in [0.15, 0.2) is 85.4 Å². The summed E-state index contributed by atoms with van der Waals surface area (Å²) >= 11 is 0. The number of carbonyl (C=O) groups excluding carboxylic acids is 1. The predicted octanol–water partition coefficient (Wildman–Crippen LogP) is 3.20. The average molecular weight is 441 g/mol. The van der Waals surface area contributed by atoms with Crippen molar-refractivity contribution in [1.29, 1.82) is 0 Å². The van der Waals surface area contributed by atoms with Gasteiger partial charge in [-0.25, -0.2) is 0 Å². The summed E-state index contributed by atoms with van der Waals surface area (Å²) in [7, 11) is 0. The number of nitro benzene ring substituents is 1. The van der Waals surface area contributed by atoms with E-state index < -0.39 is 4.92 Å². The molecule has 4 aromatic rings. The van der Waals surface area contributed by atoms with Crippen molar-refractivity contribution in [2.45, 2.75) is 6.54 Å². The maximum Gasteiger partial charge on any atom is 0.269 e. The molecule has 4 rings (SSSR count). The molecule has 0 unspecified atom stereocenters. The van der Waals surface area contributed by atoms with Crippen LogP contribution in [0.25, 0.3) is 17.1 Å². The number of amides is 1. The Kier molecular flexibility index (Phi) is 6.17. The number of hydrogen-bond acceptors (Lipinski definition) is 7. The molecule has 1 amide bonds. The van der Waals surface area contributed by atoms with Gasteiger partial charge < -0.3 is 0 Å². The zero-order valence-corrected chi connectivity index (χ0v) is 17.4. The Bertz CT molecular complexity index is 1280. The van der Waals surface area contributed by atoms with E-state index in [0.29, 0.717) is 29.2 Å². The number of benzene rings is 3. The Morgan fingerprint density at radius 2 is 1.61 bits per heavy atom. The number of nitrogens with one attached hydrogen (secondary N) is 2. The lowest BCUT2D eigenvalue weighted by Crippen LogP contribution is -2.35. The van der Waals surface area contributed by atoms with E-state index in [0.717, 1.165) is 11.1 Å². The molecule has 0 radical (unpaired) electrons. The lowest BCUT2D eigenvalue weighted by molar-refractivity contribution is -0.384. The summed E-state index contributed by atoms with van der Waals surface area (Å²) in [5, 5.41) is 23.3. The fourth-order valence-electron chi connectivity index (χ4n) is 3.00. The third kappa shape index (κ3) is 5.25. The van der Waals surface area contributed by atoms with Crippen LogP contribution in [0, 0.1) is 10.1 Å². The second kappa shape index (κ2) is 9.52. The molecule has 10 heteroatoms. The molecule has 0 aliphatic rings. The monoisotopic (exact) mass is 441 g/mol. The van der Waals surface area contributed by atoms with Gasteiger partial charge in [0.25, 0.3) is 11.6 Å². The van der Waals surface area contributed by atoms with Gasteiger partial charge in [0.05, 0.1) is 17.2 Å². The van der Waals surface area contributed by atoms with Crippen LogP contribution in [0.2, 0.25) is 0 Å². The van der Waals surface area contributed by atoms with Gasteiger partial charge in [-0.05, 0) is 40.6 Å². The summed E-state index contributed by atoms with van der Waals surface area (Å²) < 4.78 is 0. The second-order valence-corrected chi connectivity index (χ2v) is 7.07. The number of hydrogen-bond donors (Lipinski definition) is 2. The van der Waals surface area contributed by atoms with Gasteiger partial charge in [-0.15, -0.1) is 10.2 Å². The van der Waals surface area contributed by atoms with E-state index in [-0.39, 0.29) is 11.6 Å². The summed E-state index contributed by atoms with van der Waals surface area (Å²) in [5.74, 6) is 0.195. The first-order valence-electron chi connectivity index (χ1n) is 9.92. The zero-order chi connectivity index (χ0) is 23.2. The van der Waals surface area contributed by atoms with Crippen LogP contribution in [-0.2, 0) is 6.54 Å². The normalized spacial score (nSPS) is 10.4. The molecule has 10 nitrogen and oxygen atoms in total. The van der Waals surface area contributed by atoms with Crippen molar-refractivity contribution < 1.29 is 9.72 Å². The highest BCUT2D eigenvalue weighted by Gasteiger charge is 2.10. The average Bonchev–Trinajstić information content (AvgIpc) is 3.32. The van der Waals surface area contributed by atoms with Gasteiger partial charge in [-0.3, -0.25) is 25.8 Å². The van der Waals surface area contributed by atoms with Crippen LogP contribution in [0.4, 0.5) is 5.69 Å². The minimum absolute atomic E-state index is 0.0203. The molecule has 0 saturated heterocycles. The molecule has 0 bridgehead atoms. The minimum Gasteiger partial charge on any atom is -0.298 e. The lowest BCUT2D eigenvalue weighted by Gasteiger charge is -2.11. The summed E-state index contributed by atoms with van der Waals surface area (Å²) in [4.78, 5) is 24.2. The molecule has 1 aromatic heterocycles. The molecule has 0 aliphatic heterocycles. The van der Waals surface area contributed by atoms with Crippen molar-refractivity contribution in [2.24, 2.45) is 0 Å². The van der Waals surface area contributed by atoms with Crippen molar-refractivity contribution in [2.75, 3.05) is 0 Å². The molecule has 33 heavy (non-hydrogen) atoms. The lowest BCUT2D eigenvalue weighted by atomic mass is 10.1. The van der Waals surface area contributed by atoms with Crippen molar-refractivity contribution >= 4 is 17.3 Å². The summed E-state index contributed by atoms with van der Waals surface area (Å²) in [6, 6.07) is 22.4. The van der Waals surface area contributed by atoms with E-state index in [1.807, 2.05) is 42.5 Å². The van der Waals surface area contributed by atoms with Gasteiger partial charge in [-0.2, -0.15) is 4.80 Å². The van der Waals surface area contributed by atoms with Gasteiger partial charge in [0.15, 0.2) is 0 Å². The largest absolute Gasteiger partial charge is 0.298 e. The first kappa shape index (κ1) is 21.4. The first-order valence-corrected chi connectivity index (χ1v) is 9.92. The molecule has 0 aliphatic carbocycles. The van der Waals surface area contributed by atoms with Crippen molar-refractivity contribution in [3.8, 4) is 11.4 Å². The molecule has 2 N–H and O–H groups in total. The van der Waals surface area contributed by atoms with Gasteiger partial charge in [-0.1, -0.05) is 49.0 Å². The Balaban J connectivity index is 1.32. The molecule has 0 spiro atoms. The number of non-ortho nitro benzene ring substituents is 1. The number of aromatic nitrogens is 4. The number of tetrazole rings is 1. The number of nitrogens with zero attached hydrogens (tertiary/aromatic N) is 5. The minimum atomic E-state index is -0.480. The number of nitro groups is 1. The van der Waals surface area contributed by atoms with Gasteiger partial charge >= 0.3 is 0 Å². The van der Waals surface area contributed by atoms with Gasteiger partial charge in [0.2, 0.25) is 5.82 Å². The first-order chi connectivity index (χ1) is 16.0. The summed E-state index contributed by atoms with van der Waals surface area (Å²) in [6.45, 7) is 4.25. The van der Waals surface area contributed by atoms with Crippen LogP contribution in [0.1, 0.15) is 21.5 Å². The molecule has 164 valence electrons. The van der Waals surface area contributed by atoms with Crippen molar-refractivity contribution in [3.05, 3.63) is 112 Å². The maximum atomic E-state index is 12.4. The molecular weight excluding hydrogens is 422 g/mol. The molecule has 0 atom stereocenters. The van der Waals surface area contributed by atoms with Gasteiger partial charge in [0, 0.05) is 23.3 Å². The van der Waals surface area contributed by atoms with Crippen molar-refractivity contribution in [3.63, 3.8) is 0 Å². The fraction of sp³-hybridized carbons (Fsp3) is 0.0435. The summed E-state index contributed by atoms with van der Waals surface area (Å²) in [5.41, 5.74) is 8.53. The Labute approximate surface area is 188 Å². The SMILES string of the molecule is C=C(NNC(=O)c1ccc(Cn2nnc(-c3ccccc3)n2)cc1)c1ccc([N+](=O)[O-])cc1. The highest BCUT2D eigenvalue weighted by atomic mass is 16.6. The second-order valence-electron chi connectivity index (χ2n) is 7.07. The van der Waals surface area contributed by atoms with E-state index in [2.05, 4.69) is 32.8 Å². The number of hydrazine groups is 1. The number of carbonyl (C=O) groups is 1. The van der Waals surface area contributed by atoms with Crippen LogP contribution in [-0.4, -0.2) is 31.0 Å². The van der Waals surface area contributed by atoms with Crippen LogP contribution < -0.4 is 10.9 Å². The highest BCUT2D eigenvalue weighted by Crippen LogP contribution is 2.16. The third-order valence-corrected chi connectivity index (χ3v) is 4.78. The van der Waals surface area contributed by atoms with Crippen molar-refractivity contribution in [1.82, 2.24) is 31.1 Å². The summed E-state index contributed by atoms with van der Waals surface area (Å²) in [6.07, 6.45) is 0. The predicted molar refractivity (Wildman–Crippen MR) is 122 cm³/mol. The van der Waals surface area contributed by atoms with Crippen LogP contribution in [0.5, 0.6) is 0 Å². The quantitative estimate of drug-likeness (QED) is 0.317. The molecule has 0 fully saturated rings. The third-order valence-electron chi connectivity index (χ3n) is 4.78. The Morgan fingerprint density at radius 1 is 0.939 bits per heavy atom. The molecule has 0 saturated carbocycles. The standard InChI is InChI=1S/C23H19N7O3/c1-16(18-11-13-21(14-12-18)30(32)33)24-26-23(31)20-9-7-17(8-10-20)15-29-27-22(25-28-29)19-5-3-2-4-6-19/h2-14,24H,1,15H2,(H,26,31). The fourth-order valence-corrected chi connectivity index (χ4v) is 3.00. The van der Waals surface area contributed by atoms with Crippen LogP contribution in [0.3, 0.4) is 0 Å². The molecular formula is C23H19N7O3. The molecule has 1 heterocycles. The zero-order valence-electron chi connectivity index (χ0n) is 17.4. The smallest absolute Gasteiger partial charge is 0.269 e. The highest BCUT2D eigenvalue weighted by molar-refractivity contribution is 5.94.